The Morgan fingerprint density at radius 3 is 1.50 bits per heavy atom. The molecule has 3 nitrogen and oxygen atoms in total. The van der Waals surface area contributed by atoms with E-state index in [-0.39, 0.29) is 12.6 Å². The van der Waals surface area contributed by atoms with Crippen molar-refractivity contribution in [2.45, 2.75) is 30.8 Å². The quantitative estimate of drug-likeness (QED) is 0.370. The molecule has 146 valence electrons. The van der Waals surface area contributed by atoms with Gasteiger partial charge in [-0.2, -0.15) is 0 Å². The predicted molar refractivity (Wildman–Crippen MR) is 116 cm³/mol. The molecule has 0 aromatic heterocycles. The molecule has 4 N–H and O–H groups in total. The lowest BCUT2D eigenvalue weighted by Gasteiger charge is -2.40. The summed E-state index contributed by atoms with van der Waals surface area (Å²) in [5, 5.41) is 14.0. The molecular formula is C25H30N2O. The van der Waals surface area contributed by atoms with Crippen molar-refractivity contribution in [3.8, 4) is 0 Å². The minimum absolute atomic E-state index is 0.0350. The molecule has 0 aliphatic carbocycles. The summed E-state index contributed by atoms with van der Waals surface area (Å²) in [6.07, 6.45) is 2.83. The molecular weight excluding hydrogens is 344 g/mol. The van der Waals surface area contributed by atoms with Gasteiger partial charge in [0.05, 0.1) is 12.1 Å². The van der Waals surface area contributed by atoms with E-state index in [1.807, 2.05) is 18.2 Å². The number of benzene rings is 3. The van der Waals surface area contributed by atoms with Crippen LogP contribution in [-0.4, -0.2) is 24.3 Å². The summed E-state index contributed by atoms with van der Waals surface area (Å²) in [6.45, 7) is 0.762. The van der Waals surface area contributed by atoms with Gasteiger partial charge in [-0.05, 0) is 36.1 Å². The molecule has 28 heavy (non-hydrogen) atoms. The summed E-state index contributed by atoms with van der Waals surface area (Å²) in [5.41, 5.74) is 8.60. The highest BCUT2D eigenvalue weighted by Gasteiger charge is 2.37. The highest BCUT2D eigenvalue weighted by molar-refractivity contribution is 5.49. The summed E-state index contributed by atoms with van der Waals surface area (Å²) < 4.78 is 0. The van der Waals surface area contributed by atoms with Gasteiger partial charge in [0, 0.05) is 6.04 Å². The summed E-state index contributed by atoms with van der Waals surface area (Å²) in [6, 6.07) is 31.4. The number of aliphatic hydroxyl groups excluding tert-OH is 1. The third kappa shape index (κ3) is 4.50. The van der Waals surface area contributed by atoms with E-state index in [4.69, 9.17) is 5.73 Å². The van der Waals surface area contributed by atoms with Crippen LogP contribution < -0.4 is 11.1 Å². The maximum atomic E-state index is 10.1. The molecule has 0 heterocycles. The molecule has 0 saturated heterocycles. The molecule has 3 rings (SSSR count). The monoisotopic (exact) mass is 374 g/mol. The smallest absolute Gasteiger partial charge is 0.0950 e. The minimum atomic E-state index is -0.542. The molecule has 3 aromatic rings. The van der Waals surface area contributed by atoms with Crippen molar-refractivity contribution < 1.29 is 5.11 Å². The van der Waals surface area contributed by atoms with Crippen molar-refractivity contribution in [1.82, 2.24) is 5.32 Å². The van der Waals surface area contributed by atoms with E-state index < -0.39 is 5.54 Å². The topological polar surface area (TPSA) is 58.3 Å². The van der Waals surface area contributed by atoms with E-state index in [2.05, 4.69) is 78.1 Å². The zero-order valence-corrected chi connectivity index (χ0v) is 16.3. The molecule has 0 saturated carbocycles. The van der Waals surface area contributed by atoms with Crippen molar-refractivity contribution >= 4 is 0 Å². The highest BCUT2D eigenvalue weighted by atomic mass is 16.3. The van der Waals surface area contributed by atoms with Gasteiger partial charge in [-0.1, -0.05) is 97.4 Å². The van der Waals surface area contributed by atoms with Crippen molar-refractivity contribution in [2.24, 2.45) is 5.73 Å². The summed E-state index contributed by atoms with van der Waals surface area (Å²) in [4.78, 5) is 0. The molecule has 0 radical (unpaired) electrons. The van der Waals surface area contributed by atoms with Crippen LogP contribution in [0.3, 0.4) is 0 Å². The normalized spacial score (nSPS) is 12.6. The van der Waals surface area contributed by atoms with Gasteiger partial charge in [0.15, 0.2) is 0 Å². The summed E-state index contributed by atoms with van der Waals surface area (Å²) >= 11 is 0. The Kier molecular flexibility index (Phi) is 7.38. The molecule has 0 aliphatic rings. The first-order valence-corrected chi connectivity index (χ1v) is 10.1. The lowest BCUT2D eigenvalue weighted by atomic mass is 9.76. The van der Waals surface area contributed by atoms with Crippen molar-refractivity contribution in [3.63, 3.8) is 0 Å². The molecule has 0 spiro atoms. The van der Waals surface area contributed by atoms with Crippen molar-refractivity contribution in [2.75, 3.05) is 13.2 Å². The van der Waals surface area contributed by atoms with E-state index >= 15 is 0 Å². The third-order valence-electron chi connectivity index (χ3n) is 5.27. The minimum Gasteiger partial charge on any atom is -0.395 e. The average molecular weight is 375 g/mol. The Balaban J connectivity index is 2.13. The van der Waals surface area contributed by atoms with Crippen LogP contribution in [0, 0.1) is 0 Å². The van der Waals surface area contributed by atoms with Gasteiger partial charge in [-0.25, -0.2) is 0 Å². The molecule has 3 aromatic carbocycles. The van der Waals surface area contributed by atoms with E-state index in [1.54, 1.807) is 0 Å². The van der Waals surface area contributed by atoms with Crippen LogP contribution in [0.2, 0.25) is 0 Å². The lowest BCUT2D eigenvalue weighted by Crippen LogP contribution is -2.51. The standard InChI is InChI=1S/C25H30N2O/c26-19-11-10-18-24(20-28)27-25(21-12-4-1-5-13-21,22-14-6-2-7-15-22)23-16-8-3-9-17-23/h1-9,12-17,24,27-28H,10-11,18-20,26H2/t24-/m0/s1. The van der Waals surface area contributed by atoms with Crippen LogP contribution in [0.25, 0.3) is 0 Å². The molecule has 0 aliphatic heterocycles. The number of unbranched alkanes of at least 4 members (excludes halogenated alkanes) is 1. The highest BCUT2D eigenvalue weighted by Crippen LogP contribution is 2.37. The largest absolute Gasteiger partial charge is 0.395 e. The fraction of sp³-hybridized carbons (Fsp3) is 0.280. The van der Waals surface area contributed by atoms with Crippen LogP contribution in [0.4, 0.5) is 0 Å². The molecule has 0 amide bonds. The SMILES string of the molecule is NCCCC[C@@H](CO)NC(c1ccccc1)(c1ccccc1)c1ccccc1. The Morgan fingerprint density at radius 1 is 0.714 bits per heavy atom. The van der Waals surface area contributed by atoms with E-state index in [0.717, 1.165) is 36.0 Å². The molecule has 1 atom stereocenters. The number of rotatable bonds is 10. The van der Waals surface area contributed by atoms with Gasteiger partial charge in [0.2, 0.25) is 0 Å². The maximum absolute atomic E-state index is 10.1. The van der Waals surface area contributed by atoms with E-state index in [1.165, 1.54) is 0 Å². The second-order valence-corrected chi connectivity index (χ2v) is 7.16. The Hall–Kier alpha value is -2.46. The second-order valence-electron chi connectivity index (χ2n) is 7.16. The first-order chi connectivity index (χ1) is 13.8. The third-order valence-corrected chi connectivity index (χ3v) is 5.27. The molecule has 3 heteroatoms. The fourth-order valence-electron chi connectivity index (χ4n) is 3.86. The van der Waals surface area contributed by atoms with E-state index in [0.29, 0.717) is 6.54 Å². The summed E-state index contributed by atoms with van der Waals surface area (Å²) in [5.74, 6) is 0. The Labute approximate surface area is 168 Å². The first kappa shape index (κ1) is 20.3. The lowest BCUT2D eigenvalue weighted by molar-refractivity contribution is 0.212. The maximum Gasteiger partial charge on any atom is 0.0950 e. The zero-order valence-electron chi connectivity index (χ0n) is 16.3. The zero-order chi connectivity index (χ0) is 19.7. The van der Waals surface area contributed by atoms with E-state index in [9.17, 15) is 5.11 Å². The average Bonchev–Trinajstić information content (AvgIpc) is 2.78. The second kappa shape index (κ2) is 10.2. The van der Waals surface area contributed by atoms with Gasteiger partial charge >= 0.3 is 0 Å². The van der Waals surface area contributed by atoms with Gasteiger partial charge in [0.25, 0.3) is 0 Å². The van der Waals surface area contributed by atoms with Crippen LogP contribution in [0.15, 0.2) is 91.0 Å². The first-order valence-electron chi connectivity index (χ1n) is 10.1. The van der Waals surface area contributed by atoms with Crippen LogP contribution in [0.1, 0.15) is 36.0 Å². The molecule has 0 fully saturated rings. The number of hydrogen-bond acceptors (Lipinski definition) is 3. The van der Waals surface area contributed by atoms with Crippen molar-refractivity contribution in [3.05, 3.63) is 108 Å². The predicted octanol–water partition coefficient (Wildman–Crippen LogP) is 4.06. The Bertz CT molecular complexity index is 709. The Morgan fingerprint density at radius 2 is 1.14 bits per heavy atom. The van der Waals surface area contributed by atoms with Crippen LogP contribution in [0.5, 0.6) is 0 Å². The molecule has 0 bridgehead atoms. The molecule has 0 unspecified atom stereocenters. The summed E-state index contributed by atoms with van der Waals surface area (Å²) in [7, 11) is 0. The number of aliphatic hydroxyl groups is 1. The van der Waals surface area contributed by atoms with Crippen LogP contribution in [-0.2, 0) is 5.54 Å². The van der Waals surface area contributed by atoms with Crippen LogP contribution >= 0.6 is 0 Å². The van der Waals surface area contributed by atoms with Crippen molar-refractivity contribution in [1.29, 1.82) is 0 Å². The number of nitrogens with two attached hydrogens (primary N) is 1. The number of hydrogen-bond donors (Lipinski definition) is 3. The number of nitrogens with one attached hydrogen (secondary N) is 1. The van der Waals surface area contributed by atoms with Gasteiger partial charge in [-0.3, -0.25) is 5.32 Å². The van der Waals surface area contributed by atoms with Gasteiger partial charge < -0.3 is 10.8 Å². The fourth-order valence-corrected chi connectivity index (χ4v) is 3.86. The van der Waals surface area contributed by atoms with Gasteiger partial charge in [0.1, 0.15) is 0 Å². The van der Waals surface area contributed by atoms with Gasteiger partial charge in [-0.15, -0.1) is 0 Å².